The van der Waals surface area contributed by atoms with Gasteiger partial charge in [-0.2, -0.15) is 5.26 Å². The van der Waals surface area contributed by atoms with Crippen molar-refractivity contribution >= 4 is 23.4 Å². The Bertz CT molecular complexity index is 837. The first kappa shape index (κ1) is 18.7. The van der Waals surface area contributed by atoms with E-state index in [2.05, 4.69) is 22.3 Å². The number of nitrogens with zero attached hydrogens (tertiary/aromatic N) is 2. The lowest BCUT2D eigenvalue weighted by molar-refractivity contribution is -0.112. The minimum absolute atomic E-state index is 0.0955. The normalized spacial score (nSPS) is 15.0. The summed E-state index contributed by atoms with van der Waals surface area (Å²) in [6, 6.07) is 17.6. The van der Waals surface area contributed by atoms with Gasteiger partial charge >= 0.3 is 0 Å². The molecule has 0 unspecified atom stereocenters. The van der Waals surface area contributed by atoms with Crippen LogP contribution in [-0.2, 0) is 4.79 Å². The van der Waals surface area contributed by atoms with Crippen LogP contribution in [0.3, 0.4) is 0 Å². The van der Waals surface area contributed by atoms with Gasteiger partial charge in [-0.05, 0) is 55.7 Å². The average molecular weight is 359 g/mol. The van der Waals surface area contributed by atoms with Crippen molar-refractivity contribution in [2.24, 2.45) is 0 Å². The molecule has 1 fully saturated rings. The second-order valence-corrected chi connectivity index (χ2v) is 6.98. The second kappa shape index (κ2) is 9.05. The number of hydrogen-bond acceptors (Lipinski definition) is 3. The number of carbonyl (C=O) groups is 1. The zero-order valence-corrected chi connectivity index (χ0v) is 15.7. The van der Waals surface area contributed by atoms with E-state index >= 15 is 0 Å². The highest BCUT2D eigenvalue weighted by atomic mass is 16.1. The molecule has 0 aliphatic carbocycles. The Morgan fingerprint density at radius 3 is 2.22 bits per heavy atom. The van der Waals surface area contributed by atoms with E-state index in [-0.39, 0.29) is 5.57 Å². The number of hydrogen-bond donors (Lipinski definition) is 1. The third kappa shape index (κ3) is 5.21. The number of aryl methyl sites for hydroxylation is 1. The molecule has 1 amide bonds. The minimum Gasteiger partial charge on any atom is -0.372 e. The van der Waals surface area contributed by atoms with Crippen LogP contribution in [0.4, 0.5) is 11.4 Å². The third-order valence-electron chi connectivity index (χ3n) is 4.85. The summed E-state index contributed by atoms with van der Waals surface area (Å²) in [6.07, 6.45) is 6.71. The molecule has 0 spiro atoms. The van der Waals surface area contributed by atoms with Gasteiger partial charge in [0, 0.05) is 24.5 Å². The Balaban J connectivity index is 1.70. The Hall–Kier alpha value is -3.06. The molecule has 1 aliphatic heterocycles. The monoisotopic (exact) mass is 359 g/mol. The topological polar surface area (TPSA) is 56.1 Å². The lowest BCUT2D eigenvalue weighted by atomic mass is 10.1. The first-order valence-electron chi connectivity index (χ1n) is 9.50. The number of nitrogens with one attached hydrogen (secondary N) is 1. The number of anilines is 2. The highest BCUT2D eigenvalue weighted by Crippen LogP contribution is 2.21. The molecule has 2 aromatic carbocycles. The molecule has 0 atom stereocenters. The van der Waals surface area contributed by atoms with Gasteiger partial charge in [-0.3, -0.25) is 4.79 Å². The Morgan fingerprint density at radius 2 is 1.63 bits per heavy atom. The number of amides is 1. The SMILES string of the molecule is Cc1ccc(NC(=O)/C(C#N)=C/c2ccc(N3CCCCCC3)cc2)cc1. The van der Waals surface area contributed by atoms with E-state index in [1.54, 1.807) is 6.08 Å². The molecule has 0 aromatic heterocycles. The Kier molecular flexibility index (Phi) is 6.27. The predicted molar refractivity (Wildman–Crippen MR) is 111 cm³/mol. The van der Waals surface area contributed by atoms with Gasteiger partial charge in [0.1, 0.15) is 11.6 Å². The van der Waals surface area contributed by atoms with Crippen molar-refractivity contribution in [3.05, 3.63) is 65.2 Å². The van der Waals surface area contributed by atoms with Gasteiger partial charge in [0.2, 0.25) is 0 Å². The molecule has 0 radical (unpaired) electrons. The summed E-state index contributed by atoms with van der Waals surface area (Å²) in [5.74, 6) is -0.391. The van der Waals surface area contributed by atoms with Crippen molar-refractivity contribution < 1.29 is 4.79 Å². The molecule has 2 aromatic rings. The van der Waals surface area contributed by atoms with Crippen LogP contribution in [0.2, 0.25) is 0 Å². The van der Waals surface area contributed by atoms with E-state index in [0.717, 1.165) is 24.2 Å². The van der Waals surface area contributed by atoms with Crippen molar-refractivity contribution in [1.82, 2.24) is 0 Å². The van der Waals surface area contributed by atoms with Gasteiger partial charge in [0.25, 0.3) is 5.91 Å². The van der Waals surface area contributed by atoms with Crippen molar-refractivity contribution in [3.63, 3.8) is 0 Å². The number of nitriles is 1. The average Bonchev–Trinajstić information content (AvgIpc) is 2.98. The minimum atomic E-state index is -0.391. The lowest BCUT2D eigenvalue weighted by Crippen LogP contribution is -2.23. The first-order valence-corrected chi connectivity index (χ1v) is 9.50. The van der Waals surface area contributed by atoms with Gasteiger partial charge in [-0.25, -0.2) is 0 Å². The van der Waals surface area contributed by atoms with Gasteiger partial charge < -0.3 is 10.2 Å². The van der Waals surface area contributed by atoms with Crippen molar-refractivity contribution in [2.45, 2.75) is 32.6 Å². The van der Waals surface area contributed by atoms with Crippen LogP contribution in [-0.4, -0.2) is 19.0 Å². The molecular formula is C23H25N3O. The zero-order valence-electron chi connectivity index (χ0n) is 15.7. The van der Waals surface area contributed by atoms with Crippen LogP contribution in [0, 0.1) is 18.3 Å². The fraction of sp³-hybridized carbons (Fsp3) is 0.304. The van der Waals surface area contributed by atoms with Crippen molar-refractivity contribution in [2.75, 3.05) is 23.3 Å². The van der Waals surface area contributed by atoms with Crippen LogP contribution < -0.4 is 10.2 Å². The summed E-state index contributed by atoms with van der Waals surface area (Å²) >= 11 is 0. The lowest BCUT2D eigenvalue weighted by Gasteiger charge is -2.22. The second-order valence-electron chi connectivity index (χ2n) is 6.98. The van der Waals surface area contributed by atoms with E-state index in [1.165, 1.54) is 31.4 Å². The van der Waals surface area contributed by atoms with Crippen molar-refractivity contribution in [1.29, 1.82) is 5.26 Å². The summed E-state index contributed by atoms with van der Waals surface area (Å²) in [5, 5.41) is 12.2. The summed E-state index contributed by atoms with van der Waals surface area (Å²) in [5.41, 5.74) is 3.95. The maximum absolute atomic E-state index is 12.4. The van der Waals surface area contributed by atoms with Gasteiger partial charge in [0.15, 0.2) is 0 Å². The first-order chi connectivity index (χ1) is 13.2. The smallest absolute Gasteiger partial charge is 0.266 e. The molecule has 27 heavy (non-hydrogen) atoms. The molecule has 4 nitrogen and oxygen atoms in total. The standard InChI is InChI=1S/C23H25N3O/c1-18-6-10-21(11-7-18)25-23(27)20(17-24)16-19-8-12-22(13-9-19)26-14-4-2-3-5-15-26/h6-13,16H,2-5,14-15H2,1H3,(H,25,27)/b20-16+. The van der Waals surface area contributed by atoms with Gasteiger partial charge in [-0.1, -0.05) is 42.7 Å². The molecule has 1 aliphatic rings. The summed E-state index contributed by atoms with van der Waals surface area (Å²) in [6.45, 7) is 4.18. The van der Waals surface area contributed by atoms with Crippen LogP contribution in [0.25, 0.3) is 6.08 Å². The van der Waals surface area contributed by atoms with Gasteiger partial charge in [-0.15, -0.1) is 0 Å². The molecule has 0 bridgehead atoms. The zero-order chi connectivity index (χ0) is 19.1. The van der Waals surface area contributed by atoms with Crippen molar-refractivity contribution in [3.8, 4) is 6.07 Å². The third-order valence-corrected chi connectivity index (χ3v) is 4.85. The van der Waals surface area contributed by atoms with E-state index in [4.69, 9.17) is 0 Å². The van der Waals surface area contributed by atoms with E-state index < -0.39 is 5.91 Å². The largest absolute Gasteiger partial charge is 0.372 e. The Morgan fingerprint density at radius 1 is 1.00 bits per heavy atom. The highest BCUT2D eigenvalue weighted by Gasteiger charge is 2.11. The van der Waals surface area contributed by atoms with Crippen LogP contribution in [0.5, 0.6) is 0 Å². The van der Waals surface area contributed by atoms with E-state index in [9.17, 15) is 10.1 Å². The highest BCUT2D eigenvalue weighted by molar-refractivity contribution is 6.09. The number of carbonyl (C=O) groups excluding carboxylic acids is 1. The number of benzene rings is 2. The number of rotatable bonds is 4. The van der Waals surface area contributed by atoms with E-state index in [1.807, 2.05) is 49.4 Å². The molecule has 1 N–H and O–H groups in total. The molecular weight excluding hydrogens is 334 g/mol. The molecule has 138 valence electrons. The Labute approximate surface area is 161 Å². The van der Waals surface area contributed by atoms with E-state index in [0.29, 0.717) is 5.69 Å². The summed E-state index contributed by atoms with van der Waals surface area (Å²) < 4.78 is 0. The molecule has 1 saturated heterocycles. The maximum Gasteiger partial charge on any atom is 0.266 e. The van der Waals surface area contributed by atoms with Crippen LogP contribution in [0.15, 0.2) is 54.1 Å². The summed E-state index contributed by atoms with van der Waals surface area (Å²) in [4.78, 5) is 14.8. The molecule has 1 heterocycles. The summed E-state index contributed by atoms with van der Waals surface area (Å²) in [7, 11) is 0. The maximum atomic E-state index is 12.4. The van der Waals surface area contributed by atoms with Gasteiger partial charge in [0.05, 0.1) is 0 Å². The fourth-order valence-electron chi connectivity index (χ4n) is 3.26. The molecule has 0 saturated carbocycles. The molecule has 3 rings (SSSR count). The molecule has 4 heteroatoms. The van der Waals surface area contributed by atoms with Crippen LogP contribution >= 0.6 is 0 Å². The fourth-order valence-corrected chi connectivity index (χ4v) is 3.26. The van der Waals surface area contributed by atoms with Crippen LogP contribution in [0.1, 0.15) is 36.8 Å². The quantitative estimate of drug-likeness (QED) is 0.622. The predicted octanol–water partition coefficient (Wildman–Crippen LogP) is 4.92.